The van der Waals surface area contributed by atoms with Crippen molar-refractivity contribution in [1.82, 2.24) is 14.5 Å². The number of thiophene rings is 1. The van der Waals surface area contributed by atoms with E-state index in [-0.39, 0.29) is 24.1 Å². The number of carbonyl (C=O) groups excluding carboxylic acids is 1. The molecule has 0 bridgehead atoms. The number of fused-ring (bicyclic) bond motifs is 2. The van der Waals surface area contributed by atoms with Gasteiger partial charge in [-0.25, -0.2) is 4.98 Å². The Morgan fingerprint density at radius 2 is 2.03 bits per heavy atom. The van der Waals surface area contributed by atoms with Crippen molar-refractivity contribution in [1.29, 1.82) is 0 Å². The fourth-order valence-electron chi connectivity index (χ4n) is 4.04. The lowest BCUT2D eigenvalue weighted by atomic mass is 10.0. The summed E-state index contributed by atoms with van der Waals surface area (Å²) >= 11 is 1.42. The number of amides is 1. The van der Waals surface area contributed by atoms with Crippen molar-refractivity contribution in [3.05, 3.63) is 51.9 Å². The minimum absolute atomic E-state index is 0.00132. The summed E-state index contributed by atoms with van der Waals surface area (Å²) in [5.41, 5.74) is 0.870. The molecule has 8 heteroatoms. The molecule has 0 spiro atoms. The van der Waals surface area contributed by atoms with E-state index in [9.17, 15) is 9.59 Å². The second-order valence-electron chi connectivity index (χ2n) is 7.32. The first-order chi connectivity index (χ1) is 14.2. The number of hydrogen-bond acceptors (Lipinski definition) is 6. The molecule has 0 aliphatic carbocycles. The average molecular weight is 411 g/mol. The van der Waals surface area contributed by atoms with E-state index in [0.717, 1.165) is 36.3 Å². The van der Waals surface area contributed by atoms with Crippen LogP contribution in [0.3, 0.4) is 0 Å². The van der Waals surface area contributed by atoms with Crippen LogP contribution < -0.4 is 15.0 Å². The number of aromatic nitrogens is 2. The van der Waals surface area contributed by atoms with Gasteiger partial charge in [0.1, 0.15) is 11.4 Å². The summed E-state index contributed by atoms with van der Waals surface area (Å²) in [6.07, 6.45) is 4.15. The van der Waals surface area contributed by atoms with Gasteiger partial charge in [0.25, 0.3) is 5.56 Å². The molecule has 1 amide bonds. The number of ether oxygens (including phenoxy) is 2. The zero-order valence-corrected chi connectivity index (χ0v) is 16.7. The Bertz CT molecular complexity index is 1120. The van der Waals surface area contributed by atoms with E-state index >= 15 is 0 Å². The predicted molar refractivity (Wildman–Crippen MR) is 110 cm³/mol. The van der Waals surface area contributed by atoms with Gasteiger partial charge in [-0.1, -0.05) is 6.07 Å². The highest BCUT2D eigenvalue weighted by molar-refractivity contribution is 7.16. The molecule has 0 radical (unpaired) electrons. The Morgan fingerprint density at radius 1 is 1.17 bits per heavy atom. The van der Waals surface area contributed by atoms with E-state index in [2.05, 4.69) is 4.98 Å². The molecule has 1 fully saturated rings. The lowest BCUT2D eigenvalue weighted by Crippen LogP contribution is -2.36. The number of carbonyl (C=O) groups is 1. The van der Waals surface area contributed by atoms with Gasteiger partial charge in [-0.3, -0.25) is 14.2 Å². The van der Waals surface area contributed by atoms with Crippen molar-refractivity contribution < 1.29 is 14.3 Å². The van der Waals surface area contributed by atoms with Crippen LogP contribution in [0.15, 0.2) is 40.8 Å². The normalized spacial score (nSPS) is 18.8. The van der Waals surface area contributed by atoms with Crippen LogP contribution in [-0.4, -0.2) is 40.1 Å². The van der Waals surface area contributed by atoms with Crippen LogP contribution in [0.2, 0.25) is 0 Å². The molecule has 1 aromatic carbocycles. The molecule has 2 aliphatic rings. The molecule has 29 heavy (non-hydrogen) atoms. The molecular formula is C21H21N3O4S. The number of rotatable bonds is 3. The third-order valence-corrected chi connectivity index (χ3v) is 6.31. The molecule has 7 nitrogen and oxygen atoms in total. The van der Waals surface area contributed by atoms with Crippen LogP contribution in [-0.2, 0) is 11.3 Å². The number of benzene rings is 1. The summed E-state index contributed by atoms with van der Waals surface area (Å²) in [7, 11) is 0. The Labute approximate surface area is 171 Å². The summed E-state index contributed by atoms with van der Waals surface area (Å²) in [6.45, 7) is 1.96. The van der Waals surface area contributed by atoms with E-state index < -0.39 is 0 Å². The van der Waals surface area contributed by atoms with Crippen LogP contribution in [0.5, 0.6) is 11.5 Å². The van der Waals surface area contributed by atoms with Crippen molar-refractivity contribution in [2.75, 3.05) is 19.8 Å². The van der Waals surface area contributed by atoms with Crippen LogP contribution >= 0.6 is 11.3 Å². The van der Waals surface area contributed by atoms with Crippen LogP contribution in [0, 0.1) is 0 Å². The fraction of sp³-hybridized carbons (Fsp3) is 0.381. The summed E-state index contributed by atoms with van der Waals surface area (Å²) in [5.74, 6) is 1.42. The van der Waals surface area contributed by atoms with E-state index in [1.807, 2.05) is 28.5 Å². The smallest absolute Gasteiger partial charge is 0.262 e. The highest BCUT2D eigenvalue weighted by atomic mass is 32.1. The molecular weight excluding hydrogens is 390 g/mol. The largest absolute Gasteiger partial charge is 0.490 e. The molecule has 150 valence electrons. The molecule has 1 atom stereocenters. The molecule has 1 saturated heterocycles. The minimum atomic E-state index is -0.170. The van der Waals surface area contributed by atoms with E-state index in [0.29, 0.717) is 30.0 Å². The molecule has 2 aromatic heterocycles. The molecule has 2 aliphatic heterocycles. The number of likely N-dealkylation sites (tertiary alicyclic amines) is 1. The monoisotopic (exact) mass is 411 g/mol. The Kier molecular flexibility index (Phi) is 4.71. The molecule has 4 heterocycles. The second-order valence-corrected chi connectivity index (χ2v) is 8.21. The number of hydrogen-bond donors (Lipinski definition) is 0. The van der Waals surface area contributed by atoms with Gasteiger partial charge in [0, 0.05) is 13.0 Å². The van der Waals surface area contributed by atoms with Crippen LogP contribution in [0.1, 0.15) is 30.9 Å². The van der Waals surface area contributed by atoms with Gasteiger partial charge in [0.05, 0.1) is 31.0 Å². The SMILES string of the molecule is O=C(Cn1cnc2sccc2c1=O)N1CCC[C@H]1c1ccc2c(c1)OCCCO2. The van der Waals surface area contributed by atoms with E-state index in [1.54, 1.807) is 6.07 Å². The maximum absolute atomic E-state index is 13.1. The Morgan fingerprint density at radius 3 is 2.93 bits per heavy atom. The van der Waals surface area contributed by atoms with Gasteiger partial charge in [-0.15, -0.1) is 11.3 Å². The third kappa shape index (κ3) is 3.37. The molecule has 0 N–H and O–H groups in total. The average Bonchev–Trinajstić information content (AvgIpc) is 3.35. The molecule has 3 aromatic rings. The van der Waals surface area contributed by atoms with Crippen molar-refractivity contribution >= 4 is 27.5 Å². The van der Waals surface area contributed by atoms with Gasteiger partial charge in [0.15, 0.2) is 11.5 Å². The zero-order valence-electron chi connectivity index (χ0n) is 15.9. The quantitative estimate of drug-likeness (QED) is 0.663. The molecule has 0 saturated carbocycles. The van der Waals surface area contributed by atoms with E-state index in [1.165, 1.54) is 22.2 Å². The molecule has 5 rings (SSSR count). The summed E-state index contributed by atoms with van der Waals surface area (Å²) in [4.78, 5) is 32.5. The Balaban J connectivity index is 1.39. The van der Waals surface area contributed by atoms with Crippen molar-refractivity contribution in [3.63, 3.8) is 0 Å². The minimum Gasteiger partial charge on any atom is -0.490 e. The maximum atomic E-state index is 13.1. The first-order valence-electron chi connectivity index (χ1n) is 9.82. The topological polar surface area (TPSA) is 73.7 Å². The van der Waals surface area contributed by atoms with Gasteiger partial charge in [-0.05, 0) is 42.0 Å². The first-order valence-corrected chi connectivity index (χ1v) is 10.7. The highest BCUT2D eigenvalue weighted by Gasteiger charge is 2.31. The summed E-state index contributed by atoms with van der Waals surface area (Å²) in [5, 5.41) is 2.40. The van der Waals surface area contributed by atoms with Gasteiger partial charge < -0.3 is 14.4 Å². The molecule has 0 unspecified atom stereocenters. The van der Waals surface area contributed by atoms with Crippen LogP contribution in [0.25, 0.3) is 10.2 Å². The predicted octanol–water partition coefficient (Wildman–Crippen LogP) is 2.98. The number of nitrogens with zero attached hydrogens (tertiary/aromatic N) is 3. The summed E-state index contributed by atoms with van der Waals surface area (Å²) < 4.78 is 12.9. The van der Waals surface area contributed by atoms with Crippen molar-refractivity contribution in [2.45, 2.75) is 31.8 Å². The summed E-state index contributed by atoms with van der Waals surface area (Å²) in [6, 6.07) is 7.66. The van der Waals surface area contributed by atoms with Crippen molar-refractivity contribution in [3.8, 4) is 11.5 Å². The van der Waals surface area contributed by atoms with Gasteiger partial charge in [0.2, 0.25) is 5.91 Å². The second kappa shape index (κ2) is 7.51. The zero-order chi connectivity index (χ0) is 19.8. The highest BCUT2D eigenvalue weighted by Crippen LogP contribution is 2.38. The van der Waals surface area contributed by atoms with Gasteiger partial charge >= 0.3 is 0 Å². The standard InChI is InChI=1S/C21H21N3O4S/c25-19(12-23-13-22-20-15(21(23)26)6-10-29-20)24-7-1-3-16(24)14-4-5-17-18(11-14)28-9-2-8-27-17/h4-6,10-11,13,16H,1-3,7-9,12H2/t16-/m0/s1. The fourth-order valence-corrected chi connectivity index (χ4v) is 4.76. The van der Waals surface area contributed by atoms with Crippen molar-refractivity contribution in [2.24, 2.45) is 0 Å². The third-order valence-electron chi connectivity index (χ3n) is 5.49. The van der Waals surface area contributed by atoms with Gasteiger partial charge in [-0.2, -0.15) is 0 Å². The lowest BCUT2D eigenvalue weighted by Gasteiger charge is -2.26. The van der Waals surface area contributed by atoms with Crippen LogP contribution in [0.4, 0.5) is 0 Å². The lowest BCUT2D eigenvalue weighted by molar-refractivity contribution is -0.132. The first kappa shape index (κ1) is 18.2. The Hall–Kier alpha value is -2.87. The van der Waals surface area contributed by atoms with E-state index in [4.69, 9.17) is 9.47 Å². The maximum Gasteiger partial charge on any atom is 0.262 e.